The number of aromatic nitrogens is 2. The Morgan fingerprint density at radius 3 is 3.00 bits per heavy atom. The topological polar surface area (TPSA) is 42.9 Å². The lowest BCUT2D eigenvalue weighted by atomic mass is 10.4. The number of nitrogens with zero attached hydrogens (tertiary/aromatic N) is 2. The standard InChI is InChI=1S/C8H6N2OS2/c1-12-8-10-7-6(13-8)3-2-5(4-11)9-7/h2-4H,1H3. The average molecular weight is 210 g/mol. The van der Waals surface area contributed by atoms with Crippen LogP contribution in [0.3, 0.4) is 0 Å². The molecule has 2 aromatic heterocycles. The molecule has 66 valence electrons. The van der Waals surface area contributed by atoms with Crippen molar-refractivity contribution < 1.29 is 4.79 Å². The predicted octanol–water partition coefficient (Wildman–Crippen LogP) is 2.23. The van der Waals surface area contributed by atoms with E-state index >= 15 is 0 Å². The van der Waals surface area contributed by atoms with E-state index in [-0.39, 0.29) is 0 Å². The van der Waals surface area contributed by atoms with Gasteiger partial charge in [0.05, 0.1) is 4.70 Å². The molecule has 0 bridgehead atoms. The van der Waals surface area contributed by atoms with Gasteiger partial charge in [-0.3, -0.25) is 4.79 Å². The SMILES string of the molecule is CSc1nc2nc(C=O)ccc2s1. The van der Waals surface area contributed by atoms with E-state index in [9.17, 15) is 4.79 Å². The monoisotopic (exact) mass is 210 g/mol. The minimum Gasteiger partial charge on any atom is -0.296 e. The Morgan fingerprint density at radius 2 is 2.31 bits per heavy atom. The summed E-state index contributed by atoms with van der Waals surface area (Å²) in [5.41, 5.74) is 1.10. The number of hydrogen-bond acceptors (Lipinski definition) is 5. The van der Waals surface area contributed by atoms with E-state index in [0.717, 1.165) is 15.3 Å². The van der Waals surface area contributed by atoms with Crippen molar-refractivity contribution in [1.29, 1.82) is 0 Å². The Labute approximate surface area is 83.2 Å². The van der Waals surface area contributed by atoms with Crippen molar-refractivity contribution in [3.63, 3.8) is 0 Å². The maximum absolute atomic E-state index is 10.4. The van der Waals surface area contributed by atoms with Crippen LogP contribution in [0.5, 0.6) is 0 Å². The molecule has 0 spiro atoms. The third-order valence-corrected chi connectivity index (χ3v) is 3.55. The molecule has 2 heterocycles. The molecule has 0 radical (unpaired) electrons. The number of carbonyl (C=O) groups excluding carboxylic acids is 1. The normalized spacial score (nSPS) is 10.5. The van der Waals surface area contributed by atoms with Crippen LogP contribution >= 0.6 is 23.1 Å². The number of rotatable bonds is 2. The number of thioether (sulfide) groups is 1. The van der Waals surface area contributed by atoms with Gasteiger partial charge < -0.3 is 0 Å². The van der Waals surface area contributed by atoms with Crippen molar-refractivity contribution in [1.82, 2.24) is 9.97 Å². The number of carbonyl (C=O) groups is 1. The van der Waals surface area contributed by atoms with Gasteiger partial charge in [0.25, 0.3) is 0 Å². The highest BCUT2D eigenvalue weighted by atomic mass is 32.2. The zero-order valence-electron chi connectivity index (χ0n) is 6.85. The van der Waals surface area contributed by atoms with E-state index in [0.29, 0.717) is 11.3 Å². The number of fused-ring (bicyclic) bond motifs is 1. The first-order chi connectivity index (χ1) is 6.33. The third kappa shape index (κ3) is 1.57. The summed E-state index contributed by atoms with van der Waals surface area (Å²) in [5, 5.41) is 0. The molecule has 0 aliphatic heterocycles. The summed E-state index contributed by atoms with van der Waals surface area (Å²) < 4.78 is 2.00. The van der Waals surface area contributed by atoms with Gasteiger partial charge >= 0.3 is 0 Å². The molecule has 0 saturated heterocycles. The van der Waals surface area contributed by atoms with Gasteiger partial charge in [-0.2, -0.15) is 0 Å². The minimum absolute atomic E-state index is 0.436. The molecule has 0 fully saturated rings. The number of thiazole rings is 1. The molecule has 13 heavy (non-hydrogen) atoms. The lowest BCUT2D eigenvalue weighted by Gasteiger charge is -1.87. The molecule has 0 aromatic carbocycles. The van der Waals surface area contributed by atoms with E-state index in [1.807, 2.05) is 12.3 Å². The largest absolute Gasteiger partial charge is 0.296 e. The molecule has 0 atom stereocenters. The Morgan fingerprint density at radius 1 is 1.46 bits per heavy atom. The lowest BCUT2D eigenvalue weighted by Crippen LogP contribution is -1.85. The van der Waals surface area contributed by atoms with Gasteiger partial charge in [0.1, 0.15) is 5.69 Å². The van der Waals surface area contributed by atoms with Crippen LogP contribution in [0.15, 0.2) is 16.5 Å². The van der Waals surface area contributed by atoms with Crippen molar-refractivity contribution in [3.05, 3.63) is 17.8 Å². The first kappa shape index (κ1) is 8.65. The van der Waals surface area contributed by atoms with Crippen molar-refractivity contribution in [3.8, 4) is 0 Å². The van der Waals surface area contributed by atoms with Crippen LogP contribution in [-0.2, 0) is 0 Å². The summed E-state index contributed by atoms with van der Waals surface area (Å²) in [4.78, 5) is 18.8. The van der Waals surface area contributed by atoms with Gasteiger partial charge in [0.15, 0.2) is 16.3 Å². The van der Waals surface area contributed by atoms with Gasteiger partial charge in [0.2, 0.25) is 0 Å². The molecule has 2 aromatic rings. The maximum Gasteiger partial charge on any atom is 0.172 e. The molecule has 5 heteroatoms. The van der Waals surface area contributed by atoms with Crippen molar-refractivity contribution in [2.24, 2.45) is 0 Å². The Hall–Kier alpha value is -0.940. The molecule has 0 saturated carbocycles. The summed E-state index contributed by atoms with van der Waals surface area (Å²) in [6.07, 6.45) is 2.70. The Balaban J connectivity index is 2.63. The molecular weight excluding hydrogens is 204 g/mol. The second-order valence-electron chi connectivity index (χ2n) is 2.36. The van der Waals surface area contributed by atoms with Gasteiger partial charge in [-0.1, -0.05) is 11.8 Å². The molecule has 0 aliphatic rings. The number of pyridine rings is 1. The highest BCUT2D eigenvalue weighted by molar-refractivity contribution is 8.00. The number of hydrogen-bond donors (Lipinski definition) is 0. The maximum atomic E-state index is 10.4. The van der Waals surface area contributed by atoms with Crippen LogP contribution in [0.1, 0.15) is 10.5 Å². The van der Waals surface area contributed by atoms with Crippen LogP contribution < -0.4 is 0 Å². The van der Waals surface area contributed by atoms with E-state index in [1.54, 1.807) is 29.2 Å². The van der Waals surface area contributed by atoms with Crippen LogP contribution in [0.2, 0.25) is 0 Å². The summed E-state index contributed by atoms with van der Waals surface area (Å²) in [6, 6.07) is 3.58. The van der Waals surface area contributed by atoms with Gasteiger partial charge in [-0.25, -0.2) is 9.97 Å². The highest BCUT2D eigenvalue weighted by Gasteiger charge is 2.04. The summed E-state index contributed by atoms with van der Waals surface area (Å²) in [7, 11) is 0. The van der Waals surface area contributed by atoms with Crippen molar-refractivity contribution >= 4 is 39.7 Å². The molecule has 2 rings (SSSR count). The summed E-state index contributed by atoms with van der Waals surface area (Å²) >= 11 is 3.18. The summed E-state index contributed by atoms with van der Waals surface area (Å²) in [5.74, 6) is 0. The zero-order chi connectivity index (χ0) is 9.26. The van der Waals surface area contributed by atoms with E-state index < -0.39 is 0 Å². The van der Waals surface area contributed by atoms with Crippen LogP contribution in [0, 0.1) is 0 Å². The Bertz CT molecular complexity index is 452. The predicted molar refractivity (Wildman–Crippen MR) is 54.6 cm³/mol. The second-order valence-corrected chi connectivity index (χ2v) is 4.44. The summed E-state index contributed by atoms with van der Waals surface area (Å²) in [6.45, 7) is 0. The van der Waals surface area contributed by atoms with Crippen molar-refractivity contribution in [2.75, 3.05) is 6.26 Å². The van der Waals surface area contributed by atoms with Gasteiger partial charge in [0, 0.05) is 0 Å². The van der Waals surface area contributed by atoms with Crippen LogP contribution in [0.25, 0.3) is 10.3 Å². The van der Waals surface area contributed by atoms with Crippen molar-refractivity contribution in [2.45, 2.75) is 4.34 Å². The molecular formula is C8H6N2OS2. The smallest absolute Gasteiger partial charge is 0.172 e. The quantitative estimate of drug-likeness (QED) is 0.563. The molecule has 0 unspecified atom stereocenters. The van der Waals surface area contributed by atoms with Crippen LogP contribution in [0.4, 0.5) is 0 Å². The minimum atomic E-state index is 0.436. The first-order valence-electron chi connectivity index (χ1n) is 3.60. The highest BCUT2D eigenvalue weighted by Crippen LogP contribution is 2.26. The molecule has 3 nitrogen and oxygen atoms in total. The first-order valence-corrected chi connectivity index (χ1v) is 5.64. The molecule has 0 amide bonds. The zero-order valence-corrected chi connectivity index (χ0v) is 8.48. The molecule has 0 aliphatic carbocycles. The van der Waals surface area contributed by atoms with E-state index in [1.165, 1.54) is 0 Å². The number of aldehydes is 1. The van der Waals surface area contributed by atoms with E-state index in [4.69, 9.17) is 0 Å². The van der Waals surface area contributed by atoms with E-state index in [2.05, 4.69) is 9.97 Å². The fourth-order valence-corrected chi connectivity index (χ4v) is 2.39. The van der Waals surface area contributed by atoms with Gasteiger partial charge in [-0.05, 0) is 18.4 Å². The fourth-order valence-electron chi connectivity index (χ4n) is 0.966. The van der Waals surface area contributed by atoms with Crippen LogP contribution in [-0.4, -0.2) is 22.5 Å². The van der Waals surface area contributed by atoms with Gasteiger partial charge in [-0.15, -0.1) is 11.3 Å². The fraction of sp³-hybridized carbons (Fsp3) is 0.125. The average Bonchev–Trinajstić information content (AvgIpc) is 2.58. The third-order valence-electron chi connectivity index (χ3n) is 1.55. The second kappa shape index (κ2) is 3.43. The lowest BCUT2D eigenvalue weighted by molar-refractivity contribution is 0.111. The Kier molecular flexibility index (Phi) is 2.28. The molecule has 0 N–H and O–H groups in total.